The van der Waals surface area contributed by atoms with Gasteiger partial charge in [-0.15, -0.1) is 0 Å². The number of hydrogen-bond donors (Lipinski definition) is 1. The van der Waals surface area contributed by atoms with Crippen LogP contribution in [0.25, 0.3) is 10.9 Å². The quantitative estimate of drug-likeness (QED) is 0.786. The number of amides is 1. The van der Waals surface area contributed by atoms with E-state index in [0.29, 0.717) is 29.4 Å². The van der Waals surface area contributed by atoms with E-state index in [4.69, 9.17) is 16.9 Å². The minimum Gasteiger partial charge on any atom is -0.351 e. The Hall–Kier alpha value is -2.78. The van der Waals surface area contributed by atoms with Gasteiger partial charge in [0.05, 0.1) is 17.8 Å². The summed E-state index contributed by atoms with van der Waals surface area (Å²) in [6.07, 6.45) is 3.24. The second-order valence-corrected chi connectivity index (χ2v) is 6.04. The van der Waals surface area contributed by atoms with Crippen LogP contribution in [-0.4, -0.2) is 38.7 Å². The maximum absolute atomic E-state index is 12.5. The molecule has 0 aliphatic carbocycles. The summed E-state index contributed by atoms with van der Waals surface area (Å²) in [6.45, 7) is 1.17. The van der Waals surface area contributed by atoms with E-state index in [0.717, 1.165) is 10.9 Å². The van der Waals surface area contributed by atoms with Crippen molar-refractivity contribution in [3.63, 3.8) is 0 Å². The predicted octanol–water partition coefficient (Wildman–Crippen LogP) is 2.59. The highest BCUT2D eigenvalue weighted by atomic mass is 35.5. The predicted molar refractivity (Wildman–Crippen MR) is 85.2 cm³/mol. The van der Waals surface area contributed by atoms with Gasteiger partial charge in [-0.1, -0.05) is 11.6 Å². The number of benzene rings is 1. The molecule has 1 saturated heterocycles. The topological polar surface area (TPSA) is 77.7 Å². The number of nitrogens with zero attached hydrogens (tertiary/aromatic N) is 4. The van der Waals surface area contributed by atoms with Crippen molar-refractivity contribution in [1.29, 1.82) is 5.26 Å². The Morgan fingerprint density at radius 3 is 2.96 bits per heavy atom. The fourth-order valence-corrected chi connectivity index (χ4v) is 2.95. The van der Waals surface area contributed by atoms with Gasteiger partial charge in [0.2, 0.25) is 0 Å². The van der Waals surface area contributed by atoms with Crippen molar-refractivity contribution in [3.8, 4) is 6.07 Å². The van der Waals surface area contributed by atoms with Gasteiger partial charge in [0.25, 0.3) is 5.91 Å². The number of nitrogens with one attached hydrogen (secondary N) is 1. The molecule has 0 spiro atoms. The van der Waals surface area contributed by atoms with Crippen LogP contribution in [0, 0.1) is 11.3 Å². The number of hydrogen-bond acceptors (Lipinski definition) is 3. The standard InChI is InChI=1S/C16H12ClN5O/c17-12-1-2-14-11(3-12)4-15(20-14)16(23)21-8-13(9-21)22-7-10(5-18)6-19-22/h1-4,6-7,13,20H,8-9H2. The van der Waals surface area contributed by atoms with Crippen LogP contribution in [0.1, 0.15) is 22.1 Å². The van der Waals surface area contributed by atoms with Crippen LogP contribution in [0.3, 0.4) is 0 Å². The Morgan fingerprint density at radius 2 is 2.22 bits per heavy atom. The van der Waals surface area contributed by atoms with Crippen LogP contribution in [0.4, 0.5) is 0 Å². The number of H-pyrrole nitrogens is 1. The molecule has 2 aromatic heterocycles. The first-order chi connectivity index (χ1) is 11.1. The van der Waals surface area contributed by atoms with E-state index in [1.54, 1.807) is 21.8 Å². The van der Waals surface area contributed by atoms with Gasteiger partial charge in [-0.2, -0.15) is 10.4 Å². The molecule has 0 saturated carbocycles. The average Bonchev–Trinajstić information content (AvgIpc) is 3.11. The minimum absolute atomic E-state index is 0.0405. The zero-order valence-corrected chi connectivity index (χ0v) is 12.8. The molecule has 1 aliphatic rings. The number of nitriles is 1. The number of aromatic amines is 1. The van der Waals surface area contributed by atoms with E-state index < -0.39 is 0 Å². The maximum atomic E-state index is 12.5. The lowest BCUT2D eigenvalue weighted by Gasteiger charge is -2.38. The lowest BCUT2D eigenvalue weighted by atomic mass is 10.1. The third kappa shape index (κ3) is 2.35. The Kier molecular flexibility index (Phi) is 3.10. The Bertz CT molecular complexity index is 945. The molecule has 7 heteroatoms. The van der Waals surface area contributed by atoms with Gasteiger partial charge in [-0.3, -0.25) is 9.48 Å². The molecule has 23 heavy (non-hydrogen) atoms. The van der Waals surface area contributed by atoms with Crippen molar-refractivity contribution in [2.75, 3.05) is 13.1 Å². The number of aromatic nitrogens is 3. The highest BCUT2D eigenvalue weighted by Gasteiger charge is 2.33. The molecule has 6 nitrogen and oxygen atoms in total. The molecule has 1 fully saturated rings. The fourth-order valence-electron chi connectivity index (χ4n) is 2.77. The SMILES string of the molecule is N#Cc1cnn(C2CN(C(=O)c3cc4cc(Cl)ccc4[nH]3)C2)c1. The van der Waals surface area contributed by atoms with Crippen LogP contribution >= 0.6 is 11.6 Å². The van der Waals surface area contributed by atoms with Crippen molar-refractivity contribution in [1.82, 2.24) is 19.7 Å². The number of rotatable bonds is 2. The zero-order chi connectivity index (χ0) is 16.0. The summed E-state index contributed by atoms with van der Waals surface area (Å²) in [5.41, 5.74) is 1.97. The first-order valence-corrected chi connectivity index (χ1v) is 7.53. The Balaban J connectivity index is 1.48. The van der Waals surface area contributed by atoms with Gasteiger partial charge in [0, 0.05) is 35.2 Å². The van der Waals surface area contributed by atoms with Crippen LogP contribution < -0.4 is 0 Å². The lowest BCUT2D eigenvalue weighted by Crippen LogP contribution is -2.50. The first kappa shape index (κ1) is 13.9. The zero-order valence-electron chi connectivity index (χ0n) is 12.0. The van der Waals surface area contributed by atoms with E-state index in [1.807, 2.05) is 18.2 Å². The van der Waals surface area contributed by atoms with Gasteiger partial charge >= 0.3 is 0 Å². The summed E-state index contributed by atoms with van der Waals surface area (Å²) in [7, 11) is 0. The highest BCUT2D eigenvalue weighted by molar-refractivity contribution is 6.31. The minimum atomic E-state index is -0.0405. The maximum Gasteiger partial charge on any atom is 0.270 e. The molecule has 114 valence electrons. The normalized spacial score (nSPS) is 14.7. The second kappa shape index (κ2) is 5.14. The summed E-state index contributed by atoms with van der Waals surface area (Å²) >= 11 is 5.97. The Morgan fingerprint density at radius 1 is 1.39 bits per heavy atom. The van der Waals surface area contributed by atoms with E-state index in [2.05, 4.69) is 16.2 Å². The van der Waals surface area contributed by atoms with Crippen molar-refractivity contribution < 1.29 is 4.79 Å². The van der Waals surface area contributed by atoms with E-state index in [9.17, 15) is 4.79 Å². The van der Waals surface area contributed by atoms with Crippen molar-refractivity contribution in [2.24, 2.45) is 0 Å². The van der Waals surface area contributed by atoms with Crippen LogP contribution in [0.15, 0.2) is 36.7 Å². The molecule has 1 amide bonds. The van der Waals surface area contributed by atoms with Gasteiger partial charge in [-0.25, -0.2) is 0 Å². The number of likely N-dealkylation sites (tertiary alicyclic amines) is 1. The molecular formula is C16H12ClN5O. The summed E-state index contributed by atoms with van der Waals surface area (Å²) in [4.78, 5) is 17.4. The van der Waals surface area contributed by atoms with Gasteiger partial charge in [0.15, 0.2) is 0 Å². The molecule has 0 radical (unpaired) electrons. The van der Waals surface area contributed by atoms with Gasteiger partial charge in [-0.05, 0) is 24.3 Å². The van der Waals surface area contributed by atoms with E-state index in [-0.39, 0.29) is 11.9 Å². The lowest BCUT2D eigenvalue weighted by molar-refractivity contribution is 0.0496. The Labute approximate surface area is 136 Å². The number of halogens is 1. The van der Waals surface area contributed by atoms with E-state index >= 15 is 0 Å². The first-order valence-electron chi connectivity index (χ1n) is 7.16. The molecular weight excluding hydrogens is 314 g/mol. The summed E-state index contributed by atoms with van der Waals surface area (Å²) < 4.78 is 1.74. The van der Waals surface area contributed by atoms with Crippen molar-refractivity contribution in [3.05, 3.63) is 52.9 Å². The molecule has 3 heterocycles. The summed E-state index contributed by atoms with van der Waals surface area (Å²) in [6, 6.07) is 9.47. The molecule has 3 aromatic rings. The van der Waals surface area contributed by atoms with Crippen LogP contribution in [-0.2, 0) is 0 Å². The fraction of sp³-hybridized carbons (Fsp3) is 0.188. The van der Waals surface area contributed by atoms with Crippen molar-refractivity contribution >= 4 is 28.4 Å². The molecule has 1 N–H and O–H groups in total. The third-order valence-corrected chi connectivity index (χ3v) is 4.30. The van der Waals surface area contributed by atoms with E-state index in [1.165, 1.54) is 6.20 Å². The molecule has 0 atom stereocenters. The summed E-state index contributed by atoms with van der Waals surface area (Å²) in [5.74, 6) is -0.0405. The molecule has 1 aliphatic heterocycles. The molecule has 1 aromatic carbocycles. The van der Waals surface area contributed by atoms with Gasteiger partial charge < -0.3 is 9.88 Å². The van der Waals surface area contributed by atoms with Crippen LogP contribution in [0.5, 0.6) is 0 Å². The summed E-state index contributed by atoms with van der Waals surface area (Å²) in [5, 5.41) is 14.5. The number of carbonyl (C=O) groups is 1. The number of fused-ring (bicyclic) bond motifs is 1. The highest BCUT2D eigenvalue weighted by Crippen LogP contribution is 2.25. The van der Waals surface area contributed by atoms with Crippen LogP contribution in [0.2, 0.25) is 5.02 Å². The third-order valence-electron chi connectivity index (χ3n) is 4.07. The number of carbonyl (C=O) groups excluding carboxylic acids is 1. The largest absolute Gasteiger partial charge is 0.351 e. The second-order valence-electron chi connectivity index (χ2n) is 5.60. The molecule has 4 rings (SSSR count). The van der Waals surface area contributed by atoms with Crippen molar-refractivity contribution in [2.45, 2.75) is 6.04 Å². The smallest absolute Gasteiger partial charge is 0.270 e. The molecule has 0 bridgehead atoms. The molecule has 0 unspecified atom stereocenters. The van der Waals surface area contributed by atoms with Gasteiger partial charge in [0.1, 0.15) is 11.8 Å². The average molecular weight is 326 g/mol. The monoisotopic (exact) mass is 325 g/mol.